The molecule has 1 aromatic heterocycles. The molecule has 0 N–H and O–H groups in total. The number of benzene rings is 2. The number of hydrogen-bond donors (Lipinski definition) is 0. The maximum absolute atomic E-state index is 13.1. The summed E-state index contributed by atoms with van der Waals surface area (Å²) in [6, 6.07) is 13.1. The van der Waals surface area contributed by atoms with E-state index in [1.165, 1.54) is 35.5 Å². The largest absolute Gasteiger partial charge is 0.379 e. The van der Waals surface area contributed by atoms with Gasteiger partial charge in [-0.15, -0.1) is 0 Å². The van der Waals surface area contributed by atoms with Gasteiger partial charge in [0.1, 0.15) is 11.6 Å². The Morgan fingerprint density at radius 2 is 1.55 bits per heavy atom. The zero-order valence-corrected chi connectivity index (χ0v) is 24.3. The first-order valence-electron chi connectivity index (χ1n) is 15.0. The van der Waals surface area contributed by atoms with E-state index < -0.39 is 0 Å². The smallest absolute Gasteiger partial charge is 0.308 e. The van der Waals surface area contributed by atoms with Gasteiger partial charge in [0.2, 0.25) is 0 Å². The first-order valence-corrected chi connectivity index (χ1v) is 15.8. The van der Waals surface area contributed by atoms with Gasteiger partial charge < -0.3 is 9.64 Å². The topological polar surface area (TPSA) is 54.8 Å². The van der Waals surface area contributed by atoms with E-state index in [0.717, 1.165) is 107 Å². The summed E-state index contributed by atoms with van der Waals surface area (Å²) in [7, 11) is 0. The van der Waals surface area contributed by atoms with Gasteiger partial charge >= 0.3 is 4.87 Å². The van der Waals surface area contributed by atoms with Crippen molar-refractivity contribution >= 4 is 27.3 Å². The van der Waals surface area contributed by atoms with Crippen molar-refractivity contribution in [3.05, 3.63) is 69.1 Å². The molecule has 0 saturated carbocycles. The molecule has 40 heavy (non-hydrogen) atoms. The lowest BCUT2D eigenvalue weighted by Crippen LogP contribution is -2.38. The predicted molar refractivity (Wildman–Crippen MR) is 160 cm³/mol. The third-order valence-electron chi connectivity index (χ3n) is 8.51. The minimum atomic E-state index is -0.223. The number of ketones is 1. The molecule has 0 atom stereocenters. The molecule has 2 aliphatic rings. The molecule has 0 radical (unpaired) electrons. The number of Topliss-reactive ketones (excluding diaryl/α,β-unsaturated/α-hetero) is 1. The molecule has 2 fully saturated rings. The average molecular weight is 568 g/mol. The van der Waals surface area contributed by atoms with Gasteiger partial charge in [0.25, 0.3) is 0 Å². The fourth-order valence-corrected chi connectivity index (χ4v) is 6.99. The highest BCUT2D eigenvalue weighted by molar-refractivity contribution is 7.16. The van der Waals surface area contributed by atoms with E-state index in [9.17, 15) is 14.0 Å². The molecule has 2 aliphatic heterocycles. The Kier molecular flexibility index (Phi) is 10.5. The molecule has 0 amide bonds. The number of aryl methyl sites for hydroxylation is 2. The minimum absolute atomic E-state index is 0.116. The van der Waals surface area contributed by atoms with E-state index in [1.54, 1.807) is 12.1 Å². The first-order chi connectivity index (χ1) is 19.5. The Bertz CT molecular complexity index is 1290. The van der Waals surface area contributed by atoms with Crippen LogP contribution in [0.2, 0.25) is 0 Å². The molecule has 0 bridgehead atoms. The minimum Gasteiger partial charge on any atom is -0.379 e. The molecule has 6 nitrogen and oxygen atoms in total. The van der Waals surface area contributed by atoms with E-state index in [1.807, 2.05) is 4.57 Å². The fraction of sp³-hybridized carbons (Fsp3) is 0.562. The van der Waals surface area contributed by atoms with Crippen molar-refractivity contribution in [2.24, 2.45) is 5.92 Å². The molecule has 2 saturated heterocycles. The number of hydrogen-bond acceptors (Lipinski definition) is 6. The molecule has 0 spiro atoms. The summed E-state index contributed by atoms with van der Waals surface area (Å²) >= 11 is 1.36. The van der Waals surface area contributed by atoms with Crippen LogP contribution in [0.1, 0.15) is 49.7 Å². The van der Waals surface area contributed by atoms with Crippen molar-refractivity contribution in [3.63, 3.8) is 0 Å². The van der Waals surface area contributed by atoms with Crippen LogP contribution in [0.15, 0.2) is 47.3 Å². The molecule has 0 aliphatic carbocycles. The van der Waals surface area contributed by atoms with Crippen LogP contribution < -0.4 is 4.87 Å². The van der Waals surface area contributed by atoms with Crippen LogP contribution in [0, 0.1) is 11.7 Å². The number of nitrogens with zero attached hydrogens (tertiary/aromatic N) is 3. The van der Waals surface area contributed by atoms with Crippen molar-refractivity contribution < 1.29 is 13.9 Å². The van der Waals surface area contributed by atoms with Gasteiger partial charge in [0.15, 0.2) is 0 Å². The van der Waals surface area contributed by atoms with Gasteiger partial charge in [0.05, 0.1) is 23.4 Å². The van der Waals surface area contributed by atoms with E-state index in [2.05, 4.69) is 28.0 Å². The van der Waals surface area contributed by atoms with Crippen LogP contribution in [-0.2, 0) is 28.9 Å². The standard InChI is InChI=1S/C32H42FN3O3S/c33-28-10-7-25(8-11-28)5-3-6-30(37)27-13-16-35(17-14-27)18-19-36-29-12-9-26(24-31(29)40-32(36)38)4-1-2-15-34-20-22-39-23-21-34/h7-12,24,27H,1-6,13-23H2. The normalized spacial score (nSPS) is 17.5. The van der Waals surface area contributed by atoms with Gasteiger partial charge in [0, 0.05) is 38.5 Å². The van der Waals surface area contributed by atoms with Gasteiger partial charge in [-0.1, -0.05) is 29.5 Å². The van der Waals surface area contributed by atoms with Crippen LogP contribution in [-0.4, -0.2) is 72.6 Å². The van der Waals surface area contributed by atoms with Crippen LogP contribution >= 0.6 is 11.3 Å². The summed E-state index contributed by atoms with van der Waals surface area (Å²) < 4.78 is 21.5. The molecule has 0 unspecified atom stereocenters. The van der Waals surface area contributed by atoms with E-state index >= 15 is 0 Å². The Morgan fingerprint density at radius 1 is 0.850 bits per heavy atom. The summed E-state index contributed by atoms with van der Waals surface area (Å²) in [4.78, 5) is 30.5. The van der Waals surface area contributed by atoms with Gasteiger partial charge in [-0.3, -0.25) is 19.1 Å². The van der Waals surface area contributed by atoms with Crippen LogP contribution in [0.3, 0.4) is 0 Å². The molecular formula is C32H42FN3O3S. The number of unbranched alkanes of at least 4 members (excludes halogenated alkanes) is 1. The maximum Gasteiger partial charge on any atom is 0.308 e. The number of ether oxygens (including phenoxy) is 1. The molecule has 2 aromatic carbocycles. The van der Waals surface area contributed by atoms with E-state index in [0.29, 0.717) is 18.7 Å². The Balaban J connectivity index is 1.03. The lowest BCUT2D eigenvalue weighted by atomic mass is 9.89. The summed E-state index contributed by atoms with van der Waals surface area (Å²) in [6.45, 7) is 8.26. The fourth-order valence-electron chi connectivity index (χ4n) is 6.01. The number of fused-ring (bicyclic) bond motifs is 1. The molecule has 3 heterocycles. The predicted octanol–water partition coefficient (Wildman–Crippen LogP) is 5.16. The third-order valence-corrected chi connectivity index (χ3v) is 9.45. The highest BCUT2D eigenvalue weighted by Crippen LogP contribution is 2.23. The quantitative estimate of drug-likeness (QED) is 0.267. The maximum atomic E-state index is 13.1. The number of likely N-dealkylation sites (tertiary alicyclic amines) is 1. The number of carbonyl (C=O) groups is 1. The highest BCUT2D eigenvalue weighted by Gasteiger charge is 2.24. The molecule has 3 aromatic rings. The Morgan fingerprint density at radius 3 is 2.33 bits per heavy atom. The van der Waals surface area contributed by atoms with E-state index in [-0.39, 0.29) is 16.6 Å². The number of halogens is 1. The molecule has 8 heteroatoms. The second-order valence-corrected chi connectivity index (χ2v) is 12.3. The average Bonchev–Trinajstić information content (AvgIpc) is 3.30. The number of morpholine rings is 1. The third kappa shape index (κ3) is 8.09. The Labute approximate surface area is 240 Å². The van der Waals surface area contributed by atoms with Crippen molar-refractivity contribution in [2.45, 2.75) is 57.9 Å². The number of carbonyl (C=O) groups excluding carboxylic acids is 1. The number of thiazole rings is 1. The summed E-state index contributed by atoms with van der Waals surface area (Å²) in [5, 5.41) is 0. The number of aromatic nitrogens is 1. The van der Waals surface area contributed by atoms with Gasteiger partial charge in [-0.05, 0) is 100.0 Å². The van der Waals surface area contributed by atoms with Gasteiger partial charge in [-0.2, -0.15) is 0 Å². The van der Waals surface area contributed by atoms with Crippen LogP contribution in [0.25, 0.3) is 10.2 Å². The van der Waals surface area contributed by atoms with Crippen molar-refractivity contribution in [1.29, 1.82) is 0 Å². The zero-order chi connectivity index (χ0) is 27.7. The highest BCUT2D eigenvalue weighted by atomic mass is 32.1. The number of rotatable bonds is 13. The summed E-state index contributed by atoms with van der Waals surface area (Å²) in [5.74, 6) is 0.277. The summed E-state index contributed by atoms with van der Waals surface area (Å²) in [5.41, 5.74) is 3.43. The second-order valence-electron chi connectivity index (χ2n) is 11.3. The number of piperidine rings is 1. The first kappa shape index (κ1) is 29.1. The summed E-state index contributed by atoms with van der Waals surface area (Å²) in [6.07, 6.45) is 7.39. The lowest BCUT2D eigenvalue weighted by molar-refractivity contribution is -0.124. The second kappa shape index (κ2) is 14.5. The molecule has 216 valence electrons. The SMILES string of the molecule is O=C(CCCc1ccc(F)cc1)C1CCN(CCn2c(=O)sc3cc(CCCCN4CCOCC4)ccc32)CC1. The van der Waals surface area contributed by atoms with Crippen LogP contribution in [0.4, 0.5) is 4.39 Å². The van der Waals surface area contributed by atoms with Crippen molar-refractivity contribution in [2.75, 3.05) is 52.5 Å². The molecular weight excluding hydrogens is 525 g/mol. The van der Waals surface area contributed by atoms with Crippen molar-refractivity contribution in [3.8, 4) is 0 Å². The van der Waals surface area contributed by atoms with E-state index in [4.69, 9.17) is 4.74 Å². The van der Waals surface area contributed by atoms with Gasteiger partial charge in [-0.25, -0.2) is 4.39 Å². The monoisotopic (exact) mass is 567 g/mol. The zero-order valence-electron chi connectivity index (χ0n) is 23.5. The Hall–Kier alpha value is -2.39. The van der Waals surface area contributed by atoms with Crippen LogP contribution in [0.5, 0.6) is 0 Å². The van der Waals surface area contributed by atoms with Crippen molar-refractivity contribution in [1.82, 2.24) is 14.4 Å². The molecule has 5 rings (SSSR count). The lowest BCUT2D eigenvalue weighted by Gasteiger charge is -2.31.